The number of amides is 1. The topological polar surface area (TPSA) is 70.1 Å². The molecular formula is C22H22F2N2O4. The fourth-order valence-electron chi connectivity index (χ4n) is 3.41. The Kier molecular flexibility index (Phi) is 6.17. The van der Waals surface area contributed by atoms with Gasteiger partial charge in [-0.3, -0.25) is 9.59 Å². The lowest BCUT2D eigenvalue weighted by Crippen LogP contribution is -2.35. The van der Waals surface area contributed by atoms with E-state index in [-0.39, 0.29) is 29.0 Å². The molecule has 6 nitrogen and oxygen atoms in total. The fraction of sp³-hybridized carbons (Fsp3) is 0.273. The number of carbonyl (C=O) groups is 2. The van der Waals surface area contributed by atoms with Crippen LogP contribution in [0, 0.1) is 11.6 Å². The van der Waals surface area contributed by atoms with Gasteiger partial charge in [0, 0.05) is 24.2 Å². The molecule has 0 radical (unpaired) electrons. The molecule has 0 saturated carbocycles. The second-order valence-electron chi connectivity index (χ2n) is 7.17. The van der Waals surface area contributed by atoms with Gasteiger partial charge in [-0.2, -0.15) is 0 Å². The number of likely N-dealkylation sites (tertiary alicyclic amines) is 1. The fourth-order valence-corrected chi connectivity index (χ4v) is 3.41. The zero-order valence-electron chi connectivity index (χ0n) is 16.9. The van der Waals surface area contributed by atoms with Gasteiger partial charge in [-0.15, -0.1) is 0 Å². The van der Waals surface area contributed by atoms with Gasteiger partial charge in [-0.25, -0.2) is 8.78 Å². The molecule has 158 valence electrons. The van der Waals surface area contributed by atoms with E-state index in [1.54, 1.807) is 20.2 Å². The average molecular weight is 416 g/mol. The maximum Gasteiger partial charge on any atom is 0.295 e. The van der Waals surface area contributed by atoms with Crippen LogP contribution in [0.1, 0.15) is 17.2 Å². The van der Waals surface area contributed by atoms with Crippen molar-refractivity contribution in [1.82, 2.24) is 9.80 Å². The zero-order chi connectivity index (χ0) is 22.0. The highest BCUT2D eigenvalue weighted by molar-refractivity contribution is 6.46. The van der Waals surface area contributed by atoms with E-state index in [0.29, 0.717) is 6.54 Å². The second-order valence-corrected chi connectivity index (χ2v) is 7.17. The van der Waals surface area contributed by atoms with E-state index < -0.39 is 35.1 Å². The normalized spacial score (nSPS) is 18.3. The molecule has 1 heterocycles. The zero-order valence-corrected chi connectivity index (χ0v) is 16.9. The van der Waals surface area contributed by atoms with E-state index in [2.05, 4.69) is 0 Å². The molecule has 1 amide bonds. The number of halogens is 2. The Bertz CT molecular complexity index is 1020. The Morgan fingerprint density at radius 1 is 1.13 bits per heavy atom. The van der Waals surface area contributed by atoms with Crippen molar-refractivity contribution >= 4 is 17.4 Å². The first kappa shape index (κ1) is 21.4. The van der Waals surface area contributed by atoms with Crippen LogP contribution in [0.25, 0.3) is 5.76 Å². The van der Waals surface area contributed by atoms with Crippen molar-refractivity contribution in [2.45, 2.75) is 6.04 Å². The molecule has 1 aliphatic heterocycles. The lowest BCUT2D eigenvalue weighted by molar-refractivity contribution is -0.140. The largest absolute Gasteiger partial charge is 0.507 e. The number of rotatable bonds is 6. The highest BCUT2D eigenvalue weighted by Crippen LogP contribution is 2.40. The number of ether oxygens (including phenoxy) is 1. The summed E-state index contributed by atoms with van der Waals surface area (Å²) in [6.07, 6.45) is 0. The lowest BCUT2D eigenvalue weighted by atomic mass is 9.95. The number of likely N-dealkylation sites (N-methyl/N-ethyl adjacent to an activating group) is 1. The third kappa shape index (κ3) is 3.91. The molecule has 3 rings (SSSR count). The molecular weight excluding hydrogens is 394 g/mol. The van der Waals surface area contributed by atoms with Gasteiger partial charge in [0.25, 0.3) is 11.7 Å². The van der Waals surface area contributed by atoms with Gasteiger partial charge in [0.05, 0.1) is 18.7 Å². The van der Waals surface area contributed by atoms with Crippen molar-refractivity contribution in [2.75, 3.05) is 34.3 Å². The van der Waals surface area contributed by atoms with Crippen LogP contribution in [0.3, 0.4) is 0 Å². The second kappa shape index (κ2) is 8.62. The number of hydrogen-bond acceptors (Lipinski definition) is 5. The molecule has 1 fully saturated rings. The number of ketones is 1. The van der Waals surface area contributed by atoms with E-state index in [1.165, 1.54) is 42.3 Å². The van der Waals surface area contributed by atoms with Gasteiger partial charge in [-0.05, 0) is 38.4 Å². The molecule has 0 bridgehead atoms. The maximum absolute atomic E-state index is 14.6. The van der Waals surface area contributed by atoms with Crippen LogP contribution in [0.2, 0.25) is 0 Å². The monoisotopic (exact) mass is 416 g/mol. The van der Waals surface area contributed by atoms with Crippen LogP contribution in [0.5, 0.6) is 5.75 Å². The van der Waals surface area contributed by atoms with Gasteiger partial charge >= 0.3 is 0 Å². The SMILES string of the molecule is COc1ccc(/C(O)=C2\C(=O)C(=O)N(CCN(C)C)[C@H]2c2ccccc2F)cc1F. The van der Waals surface area contributed by atoms with Crippen LogP contribution in [-0.2, 0) is 9.59 Å². The Hall–Kier alpha value is -3.26. The van der Waals surface area contributed by atoms with Gasteiger partial charge in [0.1, 0.15) is 11.6 Å². The molecule has 2 aromatic rings. The molecule has 1 saturated heterocycles. The number of aliphatic hydroxyl groups excluding tert-OH is 1. The summed E-state index contributed by atoms with van der Waals surface area (Å²) in [5, 5.41) is 10.9. The van der Waals surface area contributed by atoms with E-state index >= 15 is 0 Å². The summed E-state index contributed by atoms with van der Waals surface area (Å²) in [5.41, 5.74) is -0.223. The smallest absolute Gasteiger partial charge is 0.295 e. The maximum atomic E-state index is 14.6. The molecule has 8 heteroatoms. The molecule has 30 heavy (non-hydrogen) atoms. The van der Waals surface area contributed by atoms with E-state index in [9.17, 15) is 23.5 Å². The van der Waals surface area contributed by atoms with Crippen molar-refractivity contribution in [1.29, 1.82) is 0 Å². The summed E-state index contributed by atoms with van der Waals surface area (Å²) < 4.78 is 33.6. The number of benzene rings is 2. The summed E-state index contributed by atoms with van der Waals surface area (Å²) in [4.78, 5) is 28.6. The Morgan fingerprint density at radius 2 is 1.83 bits per heavy atom. The van der Waals surface area contributed by atoms with Gasteiger partial charge in [0.15, 0.2) is 11.6 Å². The minimum Gasteiger partial charge on any atom is -0.507 e. The van der Waals surface area contributed by atoms with Crippen molar-refractivity contribution in [3.63, 3.8) is 0 Å². The van der Waals surface area contributed by atoms with E-state index in [1.807, 2.05) is 4.90 Å². The Morgan fingerprint density at radius 3 is 2.43 bits per heavy atom. The highest BCUT2D eigenvalue weighted by atomic mass is 19.1. The van der Waals surface area contributed by atoms with Crippen molar-refractivity contribution in [3.8, 4) is 5.75 Å². The van der Waals surface area contributed by atoms with Crippen LogP contribution in [0.4, 0.5) is 8.78 Å². The number of nitrogens with zero attached hydrogens (tertiary/aromatic N) is 2. The number of carbonyl (C=O) groups excluding carboxylic acids is 2. The summed E-state index contributed by atoms with van der Waals surface area (Å²) in [6.45, 7) is 0.569. The molecule has 0 aliphatic carbocycles. The summed E-state index contributed by atoms with van der Waals surface area (Å²) in [7, 11) is 4.90. The van der Waals surface area contributed by atoms with Crippen molar-refractivity contribution < 1.29 is 28.2 Å². The third-order valence-electron chi connectivity index (χ3n) is 4.95. The summed E-state index contributed by atoms with van der Waals surface area (Å²) in [5.74, 6) is -3.77. The van der Waals surface area contributed by atoms with Crippen molar-refractivity contribution in [3.05, 3.63) is 70.8 Å². The first-order chi connectivity index (χ1) is 14.3. The lowest BCUT2D eigenvalue weighted by Gasteiger charge is -2.26. The summed E-state index contributed by atoms with van der Waals surface area (Å²) in [6, 6.07) is 8.27. The van der Waals surface area contributed by atoms with Crippen LogP contribution in [-0.4, -0.2) is 60.9 Å². The first-order valence-corrected chi connectivity index (χ1v) is 9.27. The number of Topliss-reactive ketones (excluding diaryl/α,β-unsaturated/α-hetero) is 1. The first-order valence-electron chi connectivity index (χ1n) is 9.27. The van der Waals surface area contributed by atoms with Gasteiger partial charge in [0.2, 0.25) is 0 Å². The minimum absolute atomic E-state index is 0.0137. The predicted molar refractivity (Wildman–Crippen MR) is 107 cm³/mol. The molecule has 0 unspecified atom stereocenters. The van der Waals surface area contributed by atoms with Crippen LogP contribution >= 0.6 is 0 Å². The Balaban J connectivity index is 2.18. The molecule has 1 N–H and O–H groups in total. The van der Waals surface area contributed by atoms with Crippen LogP contribution in [0.15, 0.2) is 48.0 Å². The van der Waals surface area contributed by atoms with Gasteiger partial charge < -0.3 is 19.6 Å². The van der Waals surface area contributed by atoms with E-state index in [4.69, 9.17) is 4.74 Å². The summed E-state index contributed by atoms with van der Waals surface area (Å²) >= 11 is 0. The Labute approximate surface area is 173 Å². The molecule has 2 aromatic carbocycles. The standard InChI is InChI=1S/C22H22F2N2O4/c1-25(2)10-11-26-19(14-6-4-5-7-15(14)23)18(21(28)22(26)29)20(27)13-8-9-17(30-3)16(24)12-13/h4-9,12,19,27H,10-11H2,1-3H3/b20-18+/t19-/m0/s1. The molecule has 0 aromatic heterocycles. The number of aliphatic hydroxyl groups is 1. The van der Waals surface area contributed by atoms with Crippen molar-refractivity contribution in [2.24, 2.45) is 0 Å². The predicted octanol–water partition coefficient (Wildman–Crippen LogP) is 2.96. The molecule has 0 spiro atoms. The average Bonchev–Trinajstić information content (AvgIpc) is 2.96. The highest BCUT2D eigenvalue weighted by Gasteiger charge is 2.46. The third-order valence-corrected chi connectivity index (χ3v) is 4.95. The number of hydrogen-bond donors (Lipinski definition) is 1. The van der Waals surface area contributed by atoms with Gasteiger partial charge in [-0.1, -0.05) is 18.2 Å². The molecule has 1 aliphatic rings. The quantitative estimate of drug-likeness (QED) is 0.446. The van der Waals surface area contributed by atoms with Crippen LogP contribution < -0.4 is 4.74 Å². The molecule has 1 atom stereocenters. The number of methoxy groups -OCH3 is 1. The van der Waals surface area contributed by atoms with E-state index in [0.717, 1.165) is 6.07 Å². The minimum atomic E-state index is -1.13.